The number of hydrogen-bond acceptors (Lipinski definition) is 3. The summed E-state index contributed by atoms with van der Waals surface area (Å²) in [6.07, 6.45) is -0.0597. The van der Waals surface area contributed by atoms with Gasteiger partial charge in [-0.3, -0.25) is 4.21 Å². The molecule has 3 atom stereocenters. The van der Waals surface area contributed by atoms with Crippen LogP contribution in [0.3, 0.4) is 0 Å². The highest BCUT2D eigenvalue weighted by atomic mass is 32.2. The first-order valence-electron chi connectivity index (χ1n) is 8.28. The fourth-order valence-corrected chi connectivity index (χ4v) is 4.43. The largest absolute Gasteiger partial charge is 0.484 e. The first kappa shape index (κ1) is 19.2. The van der Waals surface area contributed by atoms with Crippen molar-refractivity contribution < 1.29 is 22.1 Å². The van der Waals surface area contributed by atoms with Crippen LogP contribution in [0.25, 0.3) is 0 Å². The molecular weight excluding hydrogens is 339 g/mol. The van der Waals surface area contributed by atoms with Crippen LogP contribution in [-0.2, 0) is 17.3 Å². The Balaban J connectivity index is 1.86. The van der Waals surface area contributed by atoms with Crippen LogP contribution in [0.15, 0.2) is 24.3 Å². The number of rotatable bonds is 7. The highest BCUT2D eigenvalue weighted by Crippen LogP contribution is 2.24. The van der Waals surface area contributed by atoms with Gasteiger partial charge in [0.25, 0.3) is 0 Å². The summed E-state index contributed by atoms with van der Waals surface area (Å²) in [5.74, 6) is 0.882. The van der Waals surface area contributed by atoms with Crippen molar-refractivity contribution in [1.82, 2.24) is 5.32 Å². The van der Waals surface area contributed by atoms with Crippen LogP contribution in [-0.4, -0.2) is 34.0 Å². The average Bonchev–Trinajstić information content (AvgIpc) is 2.58. The van der Waals surface area contributed by atoms with Gasteiger partial charge in [-0.15, -0.1) is 0 Å². The van der Waals surface area contributed by atoms with Crippen LogP contribution in [0, 0.1) is 0 Å². The Bertz CT molecular complexity index is 534. The van der Waals surface area contributed by atoms with Crippen molar-refractivity contribution in [3.05, 3.63) is 29.8 Å². The Morgan fingerprint density at radius 3 is 2.50 bits per heavy atom. The molecule has 24 heavy (non-hydrogen) atoms. The van der Waals surface area contributed by atoms with Gasteiger partial charge >= 0.3 is 6.18 Å². The van der Waals surface area contributed by atoms with E-state index in [2.05, 4.69) is 5.32 Å². The van der Waals surface area contributed by atoms with Crippen molar-refractivity contribution in [3.63, 3.8) is 0 Å². The van der Waals surface area contributed by atoms with Gasteiger partial charge in [0.1, 0.15) is 5.75 Å². The highest BCUT2D eigenvalue weighted by molar-refractivity contribution is 7.85. The molecule has 1 aromatic rings. The Hall–Kier alpha value is -1.08. The van der Waals surface area contributed by atoms with E-state index in [0.29, 0.717) is 12.3 Å². The molecule has 2 rings (SSSR count). The predicted octanol–water partition coefficient (Wildman–Crippen LogP) is 3.80. The van der Waals surface area contributed by atoms with E-state index in [1.807, 2.05) is 6.92 Å². The molecule has 1 aromatic carbocycles. The van der Waals surface area contributed by atoms with Crippen molar-refractivity contribution >= 4 is 10.8 Å². The number of hydrogen-bond donors (Lipinski definition) is 1. The average molecular weight is 363 g/mol. The lowest BCUT2D eigenvalue weighted by atomic mass is 9.94. The molecule has 0 radical (unpaired) electrons. The number of benzene rings is 1. The lowest BCUT2D eigenvalue weighted by Crippen LogP contribution is -2.44. The van der Waals surface area contributed by atoms with E-state index in [0.717, 1.165) is 31.2 Å². The zero-order valence-corrected chi connectivity index (χ0v) is 14.6. The van der Waals surface area contributed by atoms with E-state index in [-0.39, 0.29) is 17.0 Å². The van der Waals surface area contributed by atoms with Gasteiger partial charge in [0.05, 0.1) is 5.25 Å². The Kier molecular flexibility index (Phi) is 7.10. The summed E-state index contributed by atoms with van der Waals surface area (Å²) in [6, 6.07) is 6.85. The molecule has 0 aliphatic heterocycles. The topological polar surface area (TPSA) is 38.3 Å². The normalized spacial score (nSPS) is 23.0. The van der Waals surface area contributed by atoms with Crippen molar-refractivity contribution in [1.29, 1.82) is 0 Å². The summed E-state index contributed by atoms with van der Waals surface area (Å²) in [6.45, 7) is 1.28. The maximum atomic E-state index is 12.1. The van der Waals surface area contributed by atoms with Crippen molar-refractivity contribution in [2.75, 3.05) is 12.4 Å². The molecule has 0 saturated heterocycles. The van der Waals surface area contributed by atoms with Gasteiger partial charge in [0, 0.05) is 29.1 Å². The van der Waals surface area contributed by atoms with E-state index in [4.69, 9.17) is 4.74 Å². The number of alkyl halides is 3. The number of halogens is 3. The van der Waals surface area contributed by atoms with Gasteiger partial charge in [0.15, 0.2) is 6.61 Å². The first-order valence-corrected chi connectivity index (χ1v) is 9.66. The molecule has 1 fully saturated rings. The van der Waals surface area contributed by atoms with E-state index in [1.165, 1.54) is 0 Å². The lowest BCUT2D eigenvalue weighted by molar-refractivity contribution is -0.153. The number of nitrogens with one attached hydrogen (secondary N) is 1. The summed E-state index contributed by atoms with van der Waals surface area (Å²) in [7, 11) is -0.805. The summed E-state index contributed by atoms with van der Waals surface area (Å²) < 4.78 is 53.2. The van der Waals surface area contributed by atoms with Crippen molar-refractivity contribution in [2.45, 2.75) is 56.6 Å². The number of ether oxygens (including phenoxy) is 1. The summed E-state index contributed by atoms with van der Waals surface area (Å²) in [5, 5.41) is 3.66. The second-order valence-corrected chi connectivity index (χ2v) is 7.97. The molecule has 1 N–H and O–H groups in total. The van der Waals surface area contributed by atoms with Gasteiger partial charge in [-0.25, -0.2) is 0 Å². The fraction of sp³-hybridized carbons (Fsp3) is 0.647. The Morgan fingerprint density at radius 2 is 1.88 bits per heavy atom. The highest BCUT2D eigenvalue weighted by Gasteiger charge is 2.29. The van der Waals surface area contributed by atoms with Crippen LogP contribution >= 0.6 is 0 Å². The van der Waals surface area contributed by atoms with Gasteiger partial charge in [0.2, 0.25) is 0 Å². The molecule has 0 amide bonds. The Morgan fingerprint density at radius 1 is 1.21 bits per heavy atom. The van der Waals surface area contributed by atoms with Crippen LogP contribution < -0.4 is 10.1 Å². The summed E-state index contributed by atoms with van der Waals surface area (Å²) >= 11 is 0. The molecule has 0 aromatic heterocycles. The van der Waals surface area contributed by atoms with E-state index >= 15 is 0 Å². The zero-order valence-electron chi connectivity index (χ0n) is 13.8. The van der Waals surface area contributed by atoms with E-state index in [9.17, 15) is 17.4 Å². The molecule has 0 unspecified atom stereocenters. The Labute approximate surface area is 143 Å². The molecule has 0 bridgehead atoms. The second-order valence-electron chi connectivity index (χ2n) is 6.03. The smallest absolute Gasteiger partial charge is 0.422 e. The van der Waals surface area contributed by atoms with Gasteiger partial charge in [-0.2, -0.15) is 13.2 Å². The molecule has 1 saturated carbocycles. The summed E-state index contributed by atoms with van der Waals surface area (Å²) in [5.41, 5.74) is 0.973. The quantitative estimate of drug-likeness (QED) is 0.801. The standard InChI is InChI=1S/C17H24F3NO2S/c1-2-24(22)16-6-4-3-5-15(16)21-11-13-7-9-14(10-8-13)23-12-17(18,19)20/h7-10,15-16,21H,2-6,11-12H2,1H3/t15-,16+,24+/m1/s1. The molecule has 0 heterocycles. The maximum Gasteiger partial charge on any atom is 0.422 e. The van der Waals surface area contributed by atoms with Crippen LogP contribution in [0.1, 0.15) is 38.2 Å². The molecular formula is C17H24F3NO2S. The van der Waals surface area contributed by atoms with Crippen LogP contribution in [0.4, 0.5) is 13.2 Å². The van der Waals surface area contributed by atoms with Gasteiger partial charge < -0.3 is 10.1 Å². The van der Waals surface area contributed by atoms with Crippen LogP contribution in [0.5, 0.6) is 5.75 Å². The second kappa shape index (κ2) is 8.85. The minimum Gasteiger partial charge on any atom is -0.484 e. The lowest BCUT2D eigenvalue weighted by Gasteiger charge is -2.31. The molecule has 136 valence electrons. The van der Waals surface area contributed by atoms with Crippen LogP contribution in [0.2, 0.25) is 0 Å². The fourth-order valence-electron chi connectivity index (χ4n) is 2.98. The molecule has 3 nitrogen and oxygen atoms in total. The molecule has 1 aliphatic carbocycles. The van der Waals surface area contributed by atoms with Crippen molar-refractivity contribution in [2.24, 2.45) is 0 Å². The first-order chi connectivity index (χ1) is 11.4. The van der Waals surface area contributed by atoms with Crippen molar-refractivity contribution in [3.8, 4) is 5.75 Å². The maximum absolute atomic E-state index is 12.1. The van der Waals surface area contributed by atoms with Gasteiger partial charge in [-0.05, 0) is 30.5 Å². The third-order valence-electron chi connectivity index (χ3n) is 4.22. The van der Waals surface area contributed by atoms with Gasteiger partial charge in [-0.1, -0.05) is 31.9 Å². The molecule has 7 heteroatoms. The van der Waals surface area contributed by atoms with E-state index < -0.39 is 23.6 Å². The third-order valence-corrected chi connectivity index (χ3v) is 6.03. The summed E-state index contributed by atoms with van der Waals surface area (Å²) in [4.78, 5) is 0. The molecule has 1 aliphatic rings. The predicted molar refractivity (Wildman–Crippen MR) is 89.6 cm³/mol. The zero-order chi connectivity index (χ0) is 17.6. The minimum atomic E-state index is -4.33. The minimum absolute atomic E-state index is 0.193. The third kappa shape index (κ3) is 6.09. The SMILES string of the molecule is CC[S@](=O)[C@H]1CCCC[C@H]1NCc1ccc(OCC(F)(F)F)cc1. The monoisotopic (exact) mass is 363 g/mol. The molecule has 0 spiro atoms. The van der Waals surface area contributed by atoms with E-state index in [1.54, 1.807) is 24.3 Å².